The van der Waals surface area contributed by atoms with Gasteiger partial charge in [-0.05, 0) is 147 Å². The molecule has 219 valence electrons. The van der Waals surface area contributed by atoms with E-state index in [1.54, 1.807) is 14.2 Å². The van der Waals surface area contributed by atoms with Gasteiger partial charge in [0.25, 0.3) is 0 Å². The Kier molecular flexibility index (Phi) is 10.2. The molecule has 5 rings (SSSR count). The first-order chi connectivity index (χ1) is 19.8. The zero-order valence-electron chi connectivity index (χ0n) is 26.4. The van der Waals surface area contributed by atoms with Crippen LogP contribution in [0, 0.1) is 33.8 Å². The summed E-state index contributed by atoms with van der Waals surface area (Å²) in [4.78, 5) is 0. The summed E-state index contributed by atoms with van der Waals surface area (Å²) in [5.41, 5.74) is 12.4. The first-order valence-electron chi connectivity index (χ1n) is 15.8. The topological polar surface area (TPSA) is 18.5 Å². The van der Waals surface area contributed by atoms with Gasteiger partial charge in [0.05, 0.1) is 14.2 Å². The summed E-state index contributed by atoms with van der Waals surface area (Å²) >= 11 is 0. The number of benzene rings is 2. The minimum Gasteiger partial charge on any atom is -0.496 e. The van der Waals surface area contributed by atoms with Gasteiger partial charge < -0.3 is 9.47 Å². The molecule has 4 heteroatoms. The minimum atomic E-state index is -0.809. The third-order valence-corrected chi connectivity index (χ3v) is 15.8. The van der Waals surface area contributed by atoms with Crippen LogP contribution in [0.5, 0.6) is 11.5 Å². The molecule has 1 radical (unpaired) electrons. The molecule has 2 aromatic carbocycles. The van der Waals surface area contributed by atoms with Crippen LogP contribution in [-0.2, 0) is 0 Å². The number of methoxy groups -OCH3 is 2. The molecule has 0 unspecified atom stereocenters. The Morgan fingerprint density at radius 2 is 1.10 bits per heavy atom. The van der Waals surface area contributed by atoms with Crippen LogP contribution >= 0.6 is 15.8 Å². The largest absolute Gasteiger partial charge is 0.496 e. The summed E-state index contributed by atoms with van der Waals surface area (Å²) in [7, 11) is 2.65. The predicted molar refractivity (Wildman–Crippen MR) is 180 cm³/mol. The molecule has 2 saturated carbocycles. The Labute approximate surface area is 252 Å². The van der Waals surface area contributed by atoms with Crippen LogP contribution in [-0.4, -0.2) is 31.2 Å². The third-order valence-electron chi connectivity index (χ3n) is 9.59. The molecule has 0 spiro atoms. The summed E-state index contributed by atoms with van der Waals surface area (Å²) in [5.74, 6) is 1.99. The van der Waals surface area contributed by atoms with E-state index in [9.17, 15) is 0 Å². The van der Waals surface area contributed by atoms with Crippen molar-refractivity contribution in [1.29, 1.82) is 0 Å². The molecule has 0 N–H and O–H groups in total. The van der Waals surface area contributed by atoms with Crippen molar-refractivity contribution in [3.05, 3.63) is 75.3 Å². The Balaban J connectivity index is 1.59. The normalized spacial score (nSPS) is 19.0. The molecule has 0 amide bonds. The molecular weight excluding hydrogens is 538 g/mol. The van der Waals surface area contributed by atoms with E-state index in [2.05, 4.69) is 76.8 Å². The van der Waals surface area contributed by atoms with Gasteiger partial charge in [-0.25, -0.2) is 0 Å². The van der Waals surface area contributed by atoms with Gasteiger partial charge in [0, 0.05) is 11.0 Å². The van der Waals surface area contributed by atoms with E-state index < -0.39 is 7.92 Å². The van der Waals surface area contributed by atoms with E-state index in [0.717, 1.165) is 22.8 Å². The highest BCUT2D eigenvalue weighted by atomic mass is 31.1. The van der Waals surface area contributed by atoms with Gasteiger partial charge in [0.2, 0.25) is 0 Å². The molecule has 3 aliphatic carbocycles. The molecule has 2 fully saturated rings. The van der Waals surface area contributed by atoms with Crippen LogP contribution in [0.3, 0.4) is 0 Å². The summed E-state index contributed by atoms with van der Waals surface area (Å²) < 4.78 is 11.6. The molecule has 0 bridgehead atoms. The van der Waals surface area contributed by atoms with Gasteiger partial charge >= 0.3 is 0 Å². The van der Waals surface area contributed by atoms with Crippen molar-refractivity contribution in [2.24, 2.45) is 0 Å². The van der Waals surface area contributed by atoms with Gasteiger partial charge in [-0.15, -0.1) is 5.73 Å². The Morgan fingerprint density at radius 1 is 0.683 bits per heavy atom. The van der Waals surface area contributed by atoms with Crippen LogP contribution in [0.15, 0.2) is 47.0 Å². The molecule has 0 heterocycles. The summed E-state index contributed by atoms with van der Waals surface area (Å²) in [6.45, 7) is 11.3. The lowest BCUT2D eigenvalue weighted by atomic mass is 9.99. The minimum absolute atomic E-state index is 0.109. The maximum absolute atomic E-state index is 5.78. The van der Waals surface area contributed by atoms with Gasteiger partial charge in [-0.2, -0.15) is 0 Å². The Bertz CT molecular complexity index is 1210. The van der Waals surface area contributed by atoms with E-state index in [1.165, 1.54) is 108 Å². The maximum atomic E-state index is 5.78. The first-order valence-corrected chi connectivity index (χ1v) is 18.7. The van der Waals surface area contributed by atoms with E-state index in [0.29, 0.717) is 5.66 Å². The van der Waals surface area contributed by atoms with Gasteiger partial charge in [-0.3, -0.25) is 0 Å². The average molecular weight is 588 g/mol. The molecule has 2 nitrogen and oxygen atoms in total. The highest BCUT2D eigenvalue weighted by molar-refractivity contribution is 7.77. The lowest BCUT2D eigenvalue weighted by Gasteiger charge is -2.43. The number of rotatable bonds is 9. The van der Waals surface area contributed by atoms with E-state index in [-0.39, 0.29) is 7.92 Å². The first kappa shape index (κ1) is 30.6. The smallest absolute Gasteiger partial charge is 0.124 e. The Morgan fingerprint density at radius 3 is 1.49 bits per heavy atom. The highest BCUT2D eigenvalue weighted by Gasteiger charge is 2.38. The number of allylic oxidation sites excluding steroid dienone is 3. The average Bonchev–Trinajstić information content (AvgIpc) is 3.44. The van der Waals surface area contributed by atoms with Crippen LogP contribution in [0.25, 0.3) is 0 Å². The molecular formula is C37H49O2P2. The lowest BCUT2D eigenvalue weighted by molar-refractivity contribution is 0.408. The molecule has 0 aliphatic heterocycles. The van der Waals surface area contributed by atoms with Crippen molar-refractivity contribution in [3.8, 4) is 11.5 Å². The third kappa shape index (κ3) is 6.42. The molecule has 1 atom stereocenters. The molecule has 0 aromatic heterocycles. The lowest BCUT2D eigenvalue weighted by Crippen LogP contribution is -2.27. The van der Waals surface area contributed by atoms with Crippen molar-refractivity contribution >= 4 is 26.5 Å². The summed E-state index contributed by atoms with van der Waals surface area (Å²) in [5, 5.41) is 4.15. The molecule has 0 saturated heterocycles. The van der Waals surface area contributed by atoms with Crippen molar-refractivity contribution in [1.82, 2.24) is 0 Å². The Hall–Kier alpha value is -1.84. The fourth-order valence-corrected chi connectivity index (χ4v) is 15.0. The summed E-state index contributed by atoms with van der Waals surface area (Å²) in [6, 6.07) is 9.47. The zero-order chi connectivity index (χ0) is 29.1. The SMILES string of the molecule is COc1c(C)cc(P(C2=C=C[C]=C2[C@H](C)P(C2CCCCC2)C2CCCCC2)c2cc(C)c(OC)c(C)c2)cc1C. The van der Waals surface area contributed by atoms with Gasteiger partial charge in [0.1, 0.15) is 11.5 Å². The van der Waals surface area contributed by atoms with Crippen LogP contribution in [0.2, 0.25) is 0 Å². The van der Waals surface area contributed by atoms with Crippen molar-refractivity contribution in [3.63, 3.8) is 0 Å². The van der Waals surface area contributed by atoms with Crippen LogP contribution in [0.1, 0.15) is 93.4 Å². The highest BCUT2D eigenvalue weighted by Crippen LogP contribution is 2.63. The van der Waals surface area contributed by atoms with Crippen molar-refractivity contribution < 1.29 is 9.47 Å². The number of aryl methyl sites for hydroxylation is 4. The van der Waals surface area contributed by atoms with E-state index in [4.69, 9.17) is 9.47 Å². The standard InChI is InChI=1S/C37H49O2P2/c1-25-21-32(22-26(2)36(25)38-6)41(33-23-27(3)37(39-7)28(4)24-33)35-20-14-19-34(35)29(5)40(30-15-10-8-11-16-30)31-17-12-9-13-18-31/h14,21-24,29-31H,8-13,15-18H2,1-7H3/t29-/m0/s1. The van der Waals surface area contributed by atoms with Crippen LogP contribution in [0.4, 0.5) is 0 Å². The molecule has 3 aliphatic rings. The number of hydrogen-bond donors (Lipinski definition) is 0. The monoisotopic (exact) mass is 587 g/mol. The number of hydrogen-bond acceptors (Lipinski definition) is 2. The van der Waals surface area contributed by atoms with E-state index >= 15 is 0 Å². The van der Waals surface area contributed by atoms with Crippen molar-refractivity contribution in [2.75, 3.05) is 14.2 Å². The van der Waals surface area contributed by atoms with Gasteiger partial charge in [0.15, 0.2) is 0 Å². The van der Waals surface area contributed by atoms with Crippen LogP contribution < -0.4 is 20.1 Å². The fourth-order valence-electron chi connectivity index (χ4n) is 7.83. The second-order valence-corrected chi connectivity index (χ2v) is 17.7. The zero-order valence-corrected chi connectivity index (χ0v) is 28.2. The number of ether oxygens (including phenoxy) is 2. The second kappa shape index (κ2) is 13.6. The summed E-state index contributed by atoms with van der Waals surface area (Å²) in [6.07, 6.45) is 20.2. The van der Waals surface area contributed by atoms with Crippen molar-refractivity contribution in [2.45, 2.75) is 116 Å². The second-order valence-electron chi connectivity index (χ2n) is 12.5. The predicted octanol–water partition coefficient (Wildman–Crippen LogP) is 9.69. The molecule has 41 heavy (non-hydrogen) atoms. The quantitative estimate of drug-likeness (QED) is 0.215. The van der Waals surface area contributed by atoms with Gasteiger partial charge in [-0.1, -0.05) is 53.4 Å². The molecule has 2 aromatic rings. The van der Waals surface area contributed by atoms with E-state index in [1.807, 2.05) is 0 Å². The fraction of sp³-hybridized carbons (Fsp3) is 0.541. The maximum Gasteiger partial charge on any atom is 0.124 e.